The van der Waals surface area contributed by atoms with Gasteiger partial charge >= 0.3 is 14.1 Å². The van der Waals surface area contributed by atoms with Crippen molar-refractivity contribution in [2.45, 2.75) is 13.8 Å². The first kappa shape index (κ1) is 24.0. The lowest BCUT2D eigenvalue weighted by Gasteiger charge is -2.22. The molecule has 0 aliphatic rings. The number of hydrogen-bond acceptors (Lipinski definition) is 1. The fourth-order valence-corrected chi connectivity index (χ4v) is 7.09. The lowest BCUT2D eigenvalue weighted by Crippen LogP contribution is -2.59. The predicted octanol–water partition coefficient (Wildman–Crippen LogP) is 4.08. The molecule has 3 aromatic rings. The molecule has 0 bridgehead atoms. The molecule has 0 fully saturated rings. The maximum atomic E-state index is 15.2. The molecule has 11 heteroatoms. The van der Waals surface area contributed by atoms with Crippen LogP contribution >= 0.6 is 0 Å². The summed E-state index contributed by atoms with van der Waals surface area (Å²) >= 11 is -4.26. The van der Waals surface area contributed by atoms with Crippen molar-refractivity contribution in [2.24, 2.45) is 0 Å². The molecule has 0 spiro atoms. The van der Waals surface area contributed by atoms with E-state index in [-0.39, 0.29) is 18.2 Å². The Labute approximate surface area is 180 Å². The minimum absolute atomic E-state index is 0.0847. The Morgan fingerprint density at radius 2 is 0.906 bits per heavy atom. The van der Waals surface area contributed by atoms with Crippen LogP contribution in [0.15, 0.2) is 18.2 Å². The molecule has 0 heterocycles. The molecule has 0 aliphatic heterocycles. The highest BCUT2D eigenvalue weighted by Gasteiger charge is 2.41. The number of halogens is 9. The quantitative estimate of drug-likeness (QED) is 0.312. The standard InChI is InChI=1S/C7H4F3O.2C7H4F3.Al/c1-11-7-5(9)2-4(8)3-6(7)10;2*1-4-2-5(8)3-6(9)7(4)10;/h2H,1H3;2*3H,1H3;. The van der Waals surface area contributed by atoms with Crippen LogP contribution in [0.2, 0.25) is 0 Å². The highest BCUT2D eigenvalue weighted by Crippen LogP contribution is 2.24. The van der Waals surface area contributed by atoms with E-state index in [0.717, 1.165) is 21.0 Å². The van der Waals surface area contributed by atoms with Gasteiger partial charge in [0.25, 0.3) is 0 Å². The molecule has 0 radical (unpaired) electrons. The highest BCUT2D eigenvalue weighted by atomic mass is 27.2. The van der Waals surface area contributed by atoms with E-state index in [1.807, 2.05) is 0 Å². The van der Waals surface area contributed by atoms with Gasteiger partial charge in [0.1, 0.15) is 17.5 Å². The van der Waals surface area contributed by atoms with Gasteiger partial charge in [-0.05, 0) is 29.4 Å². The Bertz CT molecular complexity index is 1180. The van der Waals surface area contributed by atoms with E-state index in [2.05, 4.69) is 4.74 Å². The molecule has 168 valence electrons. The maximum Gasteiger partial charge on any atom is 0.403 e. The third-order valence-corrected chi connectivity index (χ3v) is 8.82. The smallest absolute Gasteiger partial charge is 0.403 e. The van der Waals surface area contributed by atoms with E-state index in [0.29, 0.717) is 0 Å². The summed E-state index contributed by atoms with van der Waals surface area (Å²) in [5.74, 6) is -15.3. The van der Waals surface area contributed by atoms with Crippen LogP contribution in [0, 0.1) is 66.2 Å². The molecule has 0 aliphatic carbocycles. The van der Waals surface area contributed by atoms with Gasteiger partial charge < -0.3 is 4.74 Å². The van der Waals surface area contributed by atoms with Crippen LogP contribution in [-0.2, 0) is 0 Å². The summed E-state index contributed by atoms with van der Waals surface area (Å²) in [6.07, 6.45) is 0. The summed E-state index contributed by atoms with van der Waals surface area (Å²) < 4.78 is 131. The number of rotatable bonds is 4. The van der Waals surface area contributed by atoms with Crippen molar-refractivity contribution in [3.05, 3.63) is 81.7 Å². The molecule has 0 saturated heterocycles. The van der Waals surface area contributed by atoms with Gasteiger partial charge in [0.2, 0.25) is 0 Å². The van der Waals surface area contributed by atoms with Crippen LogP contribution in [0.4, 0.5) is 39.5 Å². The average molecular weight is 478 g/mol. The second-order valence-corrected chi connectivity index (χ2v) is 9.52. The van der Waals surface area contributed by atoms with Gasteiger partial charge in [-0.15, -0.1) is 0 Å². The number of ether oxygens (including phenoxy) is 1. The van der Waals surface area contributed by atoms with Crippen molar-refractivity contribution < 1.29 is 44.3 Å². The first-order chi connectivity index (χ1) is 14.9. The van der Waals surface area contributed by atoms with E-state index >= 15 is 4.39 Å². The average Bonchev–Trinajstić information content (AvgIpc) is 2.70. The van der Waals surface area contributed by atoms with Gasteiger partial charge in [0.15, 0.2) is 40.7 Å². The minimum Gasteiger partial charge on any atom is -0.491 e. The fraction of sp³-hybridized carbons (Fsp3) is 0.143. The number of methoxy groups -OCH3 is 1. The number of hydrogen-bond donors (Lipinski definition) is 0. The first-order valence-electron chi connectivity index (χ1n) is 8.91. The zero-order chi connectivity index (χ0) is 24.1. The molecule has 0 aromatic heterocycles. The van der Waals surface area contributed by atoms with Crippen molar-refractivity contribution in [1.29, 1.82) is 0 Å². The summed E-state index contributed by atoms with van der Waals surface area (Å²) in [4.78, 5) is 0. The molecular weight excluding hydrogens is 466 g/mol. The first-order valence-corrected chi connectivity index (χ1v) is 10.6. The van der Waals surface area contributed by atoms with Crippen LogP contribution in [0.1, 0.15) is 11.1 Å². The zero-order valence-corrected chi connectivity index (χ0v) is 17.8. The molecule has 0 amide bonds. The minimum atomic E-state index is -4.26. The normalized spacial score (nSPS) is 11.1. The van der Waals surface area contributed by atoms with Gasteiger partial charge in [0.05, 0.1) is 7.11 Å². The van der Waals surface area contributed by atoms with Crippen LogP contribution in [0.5, 0.6) is 5.75 Å². The fourth-order valence-electron chi connectivity index (χ4n) is 3.64. The lowest BCUT2D eigenvalue weighted by atomic mass is 10.2. The summed E-state index contributed by atoms with van der Waals surface area (Å²) in [7, 11) is 0.840. The maximum absolute atomic E-state index is 15.2. The Morgan fingerprint density at radius 1 is 0.531 bits per heavy atom. The van der Waals surface area contributed by atoms with Gasteiger partial charge in [-0.1, -0.05) is 8.85 Å². The van der Waals surface area contributed by atoms with Gasteiger partial charge in [-0.2, -0.15) is 0 Å². The monoisotopic (exact) mass is 478 g/mol. The van der Waals surface area contributed by atoms with E-state index in [9.17, 15) is 35.1 Å². The summed E-state index contributed by atoms with van der Waals surface area (Å²) in [6.45, 7) is 1.75. The Kier molecular flexibility index (Phi) is 6.54. The molecule has 0 unspecified atom stereocenters. The SMILES string of the molecule is COc1c(F)cc(F)[c]([Al]([c]2c(F)cc(F)c(F)c2C)[c]2c(F)cc(F)c(F)c2C)c1F. The summed E-state index contributed by atoms with van der Waals surface area (Å²) in [5.41, 5.74) is -1.52. The van der Waals surface area contributed by atoms with Gasteiger partial charge in [-0.3, -0.25) is 0 Å². The third kappa shape index (κ3) is 3.73. The molecule has 3 rings (SSSR count). The van der Waals surface area contributed by atoms with Gasteiger partial charge in [-0.25, -0.2) is 39.5 Å². The Morgan fingerprint density at radius 3 is 1.31 bits per heavy atom. The lowest BCUT2D eigenvalue weighted by molar-refractivity contribution is 0.358. The second-order valence-electron chi connectivity index (χ2n) is 6.92. The molecule has 32 heavy (non-hydrogen) atoms. The molecule has 1 nitrogen and oxygen atoms in total. The van der Waals surface area contributed by atoms with Crippen LogP contribution < -0.4 is 18.0 Å². The van der Waals surface area contributed by atoms with Crippen LogP contribution in [-0.4, -0.2) is 21.3 Å². The van der Waals surface area contributed by atoms with Crippen molar-refractivity contribution in [3.63, 3.8) is 0 Å². The third-order valence-electron chi connectivity index (χ3n) is 5.14. The van der Waals surface area contributed by atoms with E-state index in [4.69, 9.17) is 0 Å². The predicted molar refractivity (Wildman–Crippen MR) is 99.6 cm³/mol. The van der Waals surface area contributed by atoms with Crippen molar-refractivity contribution in [1.82, 2.24) is 0 Å². The summed E-state index contributed by atoms with van der Waals surface area (Å²) in [5, 5.41) is 0. The zero-order valence-electron chi connectivity index (χ0n) is 16.6. The highest BCUT2D eigenvalue weighted by molar-refractivity contribution is 6.96. The molecule has 0 saturated carbocycles. The Hall–Kier alpha value is -2.64. The van der Waals surface area contributed by atoms with Crippen molar-refractivity contribution in [2.75, 3.05) is 7.11 Å². The van der Waals surface area contributed by atoms with Crippen LogP contribution in [0.25, 0.3) is 0 Å². The molecule has 0 atom stereocenters. The summed E-state index contributed by atoms with van der Waals surface area (Å²) in [6, 6.07) is 0.347. The van der Waals surface area contributed by atoms with Crippen molar-refractivity contribution >= 4 is 27.4 Å². The second kappa shape index (κ2) is 8.71. The van der Waals surface area contributed by atoms with E-state index in [1.54, 1.807) is 0 Å². The van der Waals surface area contributed by atoms with E-state index < -0.39 is 96.7 Å². The van der Waals surface area contributed by atoms with E-state index in [1.165, 1.54) is 0 Å². The van der Waals surface area contributed by atoms with Crippen LogP contribution in [0.3, 0.4) is 0 Å². The largest absolute Gasteiger partial charge is 0.491 e. The molecular formula is C21H12AlF9O. The van der Waals surface area contributed by atoms with Gasteiger partial charge in [0, 0.05) is 18.2 Å². The van der Waals surface area contributed by atoms with Crippen molar-refractivity contribution in [3.8, 4) is 5.75 Å². The topological polar surface area (TPSA) is 9.23 Å². The Balaban J connectivity index is 2.57. The number of benzene rings is 3. The molecule has 3 aromatic carbocycles. The molecule has 0 N–H and O–H groups in total.